The van der Waals surface area contributed by atoms with Crippen molar-refractivity contribution in [1.82, 2.24) is 10.2 Å². The average molecular weight is 277 g/mol. The van der Waals surface area contributed by atoms with Gasteiger partial charge >= 0.3 is 0 Å². The molecular formula is C15H23N3O2. The van der Waals surface area contributed by atoms with E-state index in [-0.39, 0.29) is 12.5 Å². The summed E-state index contributed by atoms with van der Waals surface area (Å²) in [7, 11) is 4.00. The molecule has 0 aliphatic heterocycles. The number of benzene rings is 1. The Hall–Kier alpha value is -1.85. The predicted octanol–water partition coefficient (Wildman–Crippen LogP) is 1.34. The molecule has 1 aromatic carbocycles. The van der Waals surface area contributed by atoms with Crippen LogP contribution in [0, 0.1) is 0 Å². The van der Waals surface area contributed by atoms with Crippen molar-refractivity contribution in [3.05, 3.63) is 36.9 Å². The van der Waals surface area contributed by atoms with Gasteiger partial charge in [0, 0.05) is 18.8 Å². The number of nitrogens with one attached hydrogen (secondary N) is 2. The molecule has 0 aliphatic rings. The van der Waals surface area contributed by atoms with Gasteiger partial charge in [0.2, 0.25) is 5.91 Å². The van der Waals surface area contributed by atoms with E-state index in [4.69, 9.17) is 4.74 Å². The summed E-state index contributed by atoms with van der Waals surface area (Å²) in [5.41, 5.74) is 0.760. The Kier molecular flexibility index (Phi) is 7.39. The fraction of sp³-hybridized carbons (Fsp3) is 0.400. The third kappa shape index (κ3) is 6.92. The van der Waals surface area contributed by atoms with Crippen LogP contribution in [0.25, 0.3) is 0 Å². The molecule has 0 aliphatic carbocycles. The number of amides is 1. The quantitative estimate of drug-likeness (QED) is 0.528. The molecule has 2 N–H and O–H groups in total. The lowest BCUT2D eigenvalue weighted by atomic mass is 10.3. The fourth-order valence-electron chi connectivity index (χ4n) is 1.47. The molecule has 1 rings (SSSR count). The molecule has 5 heteroatoms. The van der Waals surface area contributed by atoms with E-state index < -0.39 is 0 Å². The van der Waals surface area contributed by atoms with Crippen LogP contribution in [0.15, 0.2) is 36.9 Å². The molecule has 0 saturated heterocycles. The van der Waals surface area contributed by atoms with Gasteiger partial charge in [-0.05, 0) is 38.4 Å². The fourth-order valence-corrected chi connectivity index (χ4v) is 1.47. The van der Waals surface area contributed by atoms with E-state index in [1.807, 2.05) is 38.4 Å². The molecule has 20 heavy (non-hydrogen) atoms. The molecule has 0 heterocycles. The molecule has 0 fully saturated rings. The van der Waals surface area contributed by atoms with Crippen LogP contribution in [0.2, 0.25) is 0 Å². The van der Waals surface area contributed by atoms with Gasteiger partial charge in [-0.3, -0.25) is 4.79 Å². The first-order valence-electron chi connectivity index (χ1n) is 6.61. The first-order chi connectivity index (χ1) is 9.61. The Labute approximate surface area is 120 Å². The Morgan fingerprint density at radius 3 is 2.65 bits per heavy atom. The Balaban J connectivity index is 2.34. The highest BCUT2D eigenvalue weighted by Gasteiger charge is 2.01. The number of likely N-dealkylation sites (N-methyl/N-ethyl adjacent to an activating group) is 1. The number of rotatable bonds is 9. The van der Waals surface area contributed by atoms with E-state index in [0.717, 1.165) is 18.0 Å². The minimum Gasteiger partial charge on any atom is -0.492 e. The topological polar surface area (TPSA) is 53.6 Å². The van der Waals surface area contributed by atoms with Crippen molar-refractivity contribution in [2.75, 3.05) is 45.7 Å². The SMILES string of the molecule is C=CCNCC(=O)Nc1ccc(OCCN(C)C)cc1. The van der Waals surface area contributed by atoms with E-state index in [1.165, 1.54) is 0 Å². The monoisotopic (exact) mass is 277 g/mol. The van der Waals surface area contributed by atoms with Crippen molar-refractivity contribution in [3.63, 3.8) is 0 Å². The molecule has 0 atom stereocenters. The first-order valence-corrected chi connectivity index (χ1v) is 6.61. The van der Waals surface area contributed by atoms with Gasteiger partial charge in [0.1, 0.15) is 12.4 Å². The van der Waals surface area contributed by atoms with Crippen molar-refractivity contribution in [2.45, 2.75) is 0 Å². The minimum atomic E-state index is -0.0758. The molecule has 0 unspecified atom stereocenters. The lowest BCUT2D eigenvalue weighted by Gasteiger charge is -2.11. The standard InChI is InChI=1S/C15H23N3O2/c1-4-9-16-12-15(19)17-13-5-7-14(8-6-13)20-11-10-18(2)3/h4-8,16H,1,9-12H2,2-3H3,(H,17,19). The number of nitrogens with zero attached hydrogens (tertiary/aromatic N) is 1. The summed E-state index contributed by atoms with van der Waals surface area (Å²) >= 11 is 0. The summed E-state index contributed by atoms with van der Waals surface area (Å²) in [4.78, 5) is 13.6. The minimum absolute atomic E-state index is 0.0758. The van der Waals surface area contributed by atoms with Crippen LogP contribution < -0.4 is 15.4 Å². The molecule has 0 aromatic heterocycles. The van der Waals surface area contributed by atoms with Gasteiger partial charge in [-0.1, -0.05) is 6.08 Å². The van der Waals surface area contributed by atoms with Crippen LogP contribution >= 0.6 is 0 Å². The Morgan fingerprint density at radius 2 is 2.05 bits per heavy atom. The number of hydrogen-bond donors (Lipinski definition) is 2. The van der Waals surface area contributed by atoms with Crippen molar-refractivity contribution >= 4 is 11.6 Å². The third-order valence-corrected chi connectivity index (χ3v) is 2.52. The molecule has 0 bridgehead atoms. The van der Waals surface area contributed by atoms with Crippen molar-refractivity contribution in [2.24, 2.45) is 0 Å². The highest BCUT2D eigenvalue weighted by Crippen LogP contribution is 2.15. The maximum Gasteiger partial charge on any atom is 0.238 e. The highest BCUT2D eigenvalue weighted by atomic mass is 16.5. The summed E-state index contributed by atoms with van der Waals surface area (Å²) < 4.78 is 5.58. The van der Waals surface area contributed by atoms with E-state index in [1.54, 1.807) is 6.08 Å². The smallest absolute Gasteiger partial charge is 0.238 e. The zero-order valence-electron chi connectivity index (χ0n) is 12.2. The van der Waals surface area contributed by atoms with Crippen LogP contribution in [0.3, 0.4) is 0 Å². The molecule has 110 valence electrons. The molecule has 1 amide bonds. The summed E-state index contributed by atoms with van der Waals surface area (Å²) in [6, 6.07) is 7.36. The normalized spacial score (nSPS) is 10.3. The van der Waals surface area contributed by atoms with Gasteiger partial charge < -0.3 is 20.3 Å². The number of carbonyl (C=O) groups is 1. The highest BCUT2D eigenvalue weighted by molar-refractivity contribution is 5.92. The number of carbonyl (C=O) groups excluding carboxylic acids is 1. The van der Waals surface area contributed by atoms with Gasteiger partial charge in [-0.15, -0.1) is 6.58 Å². The van der Waals surface area contributed by atoms with Gasteiger partial charge in [0.25, 0.3) is 0 Å². The number of ether oxygens (including phenoxy) is 1. The van der Waals surface area contributed by atoms with Gasteiger partial charge in [0.15, 0.2) is 0 Å². The summed E-state index contributed by atoms with van der Waals surface area (Å²) in [5, 5.41) is 5.75. The van der Waals surface area contributed by atoms with Crippen LogP contribution in [-0.2, 0) is 4.79 Å². The second-order valence-electron chi connectivity index (χ2n) is 4.64. The van der Waals surface area contributed by atoms with Crippen LogP contribution in [0.4, 0.5) is 5.69 Å². The Bertz CT molecular complexity index is 416. The maximum absolute atomic E-state index is 11.6. The third-order valence-electron chi connectivity index (χ3n) is 2.52. The van der Waals surface area contributed by atoms with E-state index >= 15 is 0 Å². The van der Waals surface area contributed by atoms with E-state index in [9.17, 15) is 4.79 Å². The lowest BCUT2D eigenvalue weighted by Crippen LogP contribution is -2.28. The largest absolute Gasteiger partial charge is 0.492 e. The van der Waals surface area contributed by atoms with Crippen molar-refractivity contribution < 1.29 is 9.53 Å². The molecular weight excluding hydrogens is 254 g/mol. The number of anilines is 1. The molecule has 0 spiro atoms. The number of hydrogen-bond acceptors (Lipinski definition) is 4. The van der Waals surface area contributed by atoms with Crippen molar-refractivity contribution in [3.8, 4) is 5.75 Å². The van der Waals surface area contributed by atoms with E-state index in [0.29, 0.717) is 13.2 Å². The lowest BCUT2D eigenvalue weighted by molar-refractivity contribution is -0.115. The first kappa shape index (κ1) is 16.2. The summed E-state index contributed by atoms with van der Waals surface area (Å²) in [6.45, 7) is 5.98. The summed E-state index contributed by atoms with van der Waals surface area (Å²) in [5.74, 6) is 0.725. The molecule has 5 nitrogen and oxygen atoms in total. The molecule has 0 radical (unpaired) electrons. The zero-order chi connectivity index (χ0) is 14.8. The van der Waals surface area contributed by atoms with Gasteiger partial charge in [-0.25, -0.2) is 0 Å². The van der Waals surface area contributed by atoms with Gasteiger partial charge in [-0.2, -0.15) is 0 Å². The van der Waals surface area contributed by atoms with Crippen LogP contribution in [0.5, 0.6) is 5.75 Å². The maximum atomic E-state index is 11.6. The van der Waals surface area contributed by atoms with Crippen LogP contribution in [0.1, 0.15) is 0 Å². The summed E-state index contributed by atoms with van der Waals surface area (Å²) in [6.07, 6.45) is 1.72. The second-order valence-corrected chi connectivity index (χ2v) is 4.64. The predicted molar refractivity (Wildman–Crippen MR) is 82.2 cm³/mol. The van der Waals surface area contributed by atoms with Crippen molar-refractivity contribution in [1.29, 1.82) is 0 Å². The van der Waals surface area contributed by atoms with Crippen LogP contribution in [-0.4, -0.2) is 51.1 Å². The molecule has 0 saturated carbocycles. The second kappa shape index (κ2) is 9.12. The van der Waals surface area contributed by atoms with E-state index in [2.05, 4.69) is 22.1 Å². The van der Waals surface area contributed by atoms with Gasteiger partial charge in [0.05, 0.1) is 6.54 Å². The average Bonchev–Trinajstić information content (AvgIpc) is 2.41. The Morgan fingerprint density at radius 1 is 1.35 bits per heavy atom. The zero-order valence-corrected chi connectivity index (χ0v) is 12.2. The molecule has 1 aromatic rings.